The van der Waals surface area contributed by atoms with Crippen molar-refractivity contribution in [1.29, 1.82) is 0 Å². The fourth-order valence-corrected chi connectivity index (χ4v) is 4.76. The number of carbonyl (C=O) groups excluding carboxylic acids is 1. The molecule has 4 nitrogen and oxygen atoms in total. The Bertz CT molecular complexity index is 1190. The van der Waals surface area contributed by atoms with E-state index in [-0.39, 0.29) is 5.70 Å². The van der Waals surface area contributed by atoms with E-state index in [0.717, 1.165) is 30.1 Å². The number of esters is 1. The summed E-state index contributed by atoms with van der Waals surface area (Å²) in [4.78, 5) is 16.6. The molecule has 0 fully saturated rings. The molecule has 4 rings (SSSR count). The summed E-state index contributed by atoms with van der Waals surface area (Å²) in [5, 5.41) is 0. The van der Waals surface area contributed by atoms with Gasteiger partial charge in [0.1, 0.15) is 12.4 Å². The lowest BCUT2D eigenvalue weighted by Crippen LogP contribution is -2.05. The van der Waals surface area contributed by atoms with E-state index in [1.165, 1.54) is 5.56 Å². The molecule has 156 valence electrons. The van der Waals surface area contributed by atoms with Gasteiger partial charge in [-0.2, -0.15) is 0 Å². The number of aryl methyl sites for hydroxylation is 1. The van der Waals surface area contributed by atoms with Crippen molar-refractivity contribution >= 4 is 65.7 Å². The van der Waals surface area contributed by atoms with E-state index in [4.69, 9.17) is 9.47 Å². The smallest absolute Gasteiger partial charge is 0.363 e. The summed E-state index contributed by atoms with van der Waals surface area (Å²) in [6, 6.07) is 19.4. The van der Waals surface area contributed by atoms with Crippen molar-refractivity contribution in [2.75, 3.05) is 0 Å². The van der Waals surface area contributed by atoms with Crippen LogP contribution in [0.4, 0.5) is 0 Å². The first-order valence-corrected chi connectivity index (χ1v) is 11.7. The van der Waals surface area contributed by atoms with E-state index in [1.54, 1.807) is 6.08 Å². The molecule has 3 aromatic rings. The summed E-state index contributed by atoms with van der Waals surface area (Å²) in [7, 11) is 0. The van der Waals surface area contributed by atoms with Crippen molar-refractivity contribution in [3.63, 3.8) is 0 Å². The van der Waals surface area contributed by atoms with Gasteiger partial charge in [-0.25, -0.2) is 9.79 Å². The third-order valence-electron chi connectivity index (χ3n) is 4.50. The molecule has 1 heterocycles. The molecule has 0 atom stereocenters. The quantitative estimate of drug-likeness (QED) is 0.228. The van der Waals surface area contributed by atoms with Crippen LogP contribution in [0.1, 0.15) is 22.3 Å². The van der Waals surface area contributed by atoms with Gasteiger partial charge >= 0.3 is 5.97 Å². The van der Waals surface area contributed by atoms with Gasteiger partial charge in [-0.3, -0.25) is 0 Å². The van der Waals surface area contributed by atoms with E-state index in [2.05, 4.69) is 71.8 Å². The van der Waals surface area contributed by atoms with Gasteiger partial charge in [-0.15, -0.1) is 0 Å². The minimum Gasteiger partial charge on any atom is -0.487 e. The van der Waals surface area contributed by atoms with Crippen molar-refractivity contribution in [3.8, 4) is 5.75 Å². The number of nitrogens with zero attached hydrogens (tertiary/aromatic N) is 1. The van der Waals surface area contributed by atoms with Crippen LogP contribution in [0.2, 0.25) is 0 Å². The normalized spacial score (nSPS) is 14.5. The number of hydrogen-bond acceptors (Lipinski definition) is 4. The van der Waals surface area contributed by atoms with Crippen LogP contribution in [0.15, 0.2) is 84.8 Å². The Kier molecular flexibility index (Phi) is 6.74. The van der Waals surface area contributed by atoms with Crippen molar-refractivity contribution in [2.45, 2.75) is 13.5 Å². The van der Waals surface area contributed by atoms with Crippen LogP contribution < -0.4 is 4.74 Å². The number of hydrogen-bond donors (Lipinski definition) is 0. The minimum absolute atomic E-state index is 0.241. The maximum absolute atomic E-state index is 12.3. The lowest BCUT2D eigenvalue weighted by Gasteiger charge is -2.12. The Balaban J connectivity index is 1.55. The van der Waals surface area contributed by atoms with Gasteiger partial charge in [0.05, 0.1) is 8.95 Å². The van der Waals surface area contributed by atoms with Gasteiger partial charge in [0.25, 0.3) is 0 Å². The summed E-state index contributed by atoms with van der Waals surface area (Å²) < 4.78 is 13.8. The molecule has 0 aromatic heterocycles. The molecule has 31 heavy (non-hydrogen) atoms. The minimum atomic E-state index is -0.482. The highest BCUT2D eigenvalue weighted by Crippen LogP contribution is 2.36. The Morgan fingerprint density at radius 3 is 2.39 bits per heavy atom. The fourth-order valence-electron chi connectivity index (χ4n) is 3.04. The number of halogens is 3. The molecular formula is C24H16Br3NO3. The first kappa shape index (κ1) is 22.0. The molecule has 0 saturated carbocycles. The van der Waals surface area contributed by atoms with Crippen molar-refractivity contribution in [3.05, 3.63) is 102 Å². The zero-order chi connectivity index (χ0) is 22.0. The molecule has 7 heteroatoms. The number of rotatable bonds is 5. The SMILES string of the molecule is Cc1cccc(COc2c(Br)cc(/C=C3\N=C(c4ccc(Br)cc4)OC3=O)cc2Br)c1. The molecule has 0 saturated heterocycles. The molecule has 0 aliphatic carbocycles. The van der Waals surface area contributed by atoms with E-state index >= 15 is 0 Å². The van der Waals surface area contributed by atoms with Crippen molar-refractivity contribution < 1.29 is 14.3 Å². The average Bonchev–Trinajstić information content (AvgIpc) is 3.08. The zero-order valence-corrected chi connectivity index (χ0v) is 21.1. The maximum atomic E-state index is 12.3. The summed E-state index contributed by atoms with van der Waals surface area (Å²) in [6.45, 7) is 2.50. The molecule has 0 N–H and O–H groups in total. The lowest BCUT2D eigenvalue weighted by molar-refractivity contribution is -0.129. The lowest BCUT2D eigenvalue weighted by atomic mass is 10.1. The predicted octanol–water partition coefficient (Wildman–Crippen LogP) is 7.21. The molecule has 0 amide bonds. The van der Waals surface area contributed by atoms with Gasteiger partial charge in [-0.1, -0.05) is 45.8 Å². The molecule has 1 aliphatic rings. The first-order valence-electron chi connectivity index (χ1n) is 9.35. The highest BCUT2D eigenvalue weighted by atomic mass is 79.9. The fraction of sp³-hybridized carbons (Fsp3) is 0.0833. The highest BCUT2D eigenvalue weighted by Gasteiger charge is 2.24. The Morgan fingerprint density at radius 2 is 1.71 bits per heavy atom. The van der Waals surface area contributed by atoms with E-state index < -0.39 is 5.97 Å². The van der Waals surface area contributed by atoms with E-state index in [9.17, 15) is 4.79 Å². The van der Waals surface area contributed by atoms with Gasteiger partial charge in [0, 0.05) is 10.0 Å². The second kappa shape index (κ2) is 9.51. The average molecular weight is 606 g/mol. The molecule has 0 radical (unpaired) electrons. The molecule has 0 spiro atoms. The molecular weight excluding hydrogens is 590 g/mol. The highest BCUT2D eigenvalue weighted by molar-refractivity contribution is 9.11. The van der Waals surface area contributed by atoms with Crippen LogP contribution in [0.25, 0.3) is 6.08 Å². The van der Waals surface area contributed by atoms with E-state index in [0.29, 0.717) is 18.3 Å². The van der Waals surface area contributed by atoms with Crippen molar-refractivity contribution in [1.82, 2.24) is 0 Å². The molecule has 0 bridgehead atoms. The Hall–Kier alpha value is -2.22. The van der Waals surface area contributed by atoms with E-state index in [1.807, 2.05) is 48.5 Å². The number of carbonyl (C=O) groups is 1. The third-order valence-corrected chi connectivity index (χ3v) is 6.21. The maximum Gasteiger partial charge on any atom is 0.363 e. The largest absolute Gasteiger partial charge is 0.487 e. The zero-order valence-electron chi connectivity index (χ0n) is 16.4. The molecule has 3 aromatic carbocycles. The first-order chi connectivity index (χ1) is 14.9. The summed E-state index contributed by atoms with van der Waals surface area (Å²) in [5.74, 6) is 0.502. The van der Waals surface area contributed by atoms with Gasteiger partial charge < -0.3 is 9.47 Å². The van der Waals surface area contributed by atoms with Crippen LogP contribution in [0.3, 0.4) is 0 Å². The van der Waals surface area contributed by atoms with Gasteiger partial charge in [0.2, 0.25) is 5.90 Å². The second-order valence-corrected chi connectivity index (χ2v) is 9.56. The topological polar surface area (TPSA) is 47.9 Å². The molecule has 0 unspecified atom stereocenters. The van der Waals surface area contributed by atoms with Crippen molar-refractivity contribution in [2.24, 2.45) is 4.99 Å². The molecule has 1 aliphatic heterocycles. The second-order valence-electron chi connectivity index (χ2n) is 6.93. The Morgan fingerprint density at radius 1 is 1.00 bits per heavy atom. The van der Waals surface area contributed by atoms with Gasteiger partial charge in [0.15, 0.2) is 5.70 Å². The van der Waals surface area contributed by atoms with Crippen LogP contribution >= 0.6 is 47.8 Å². The predicted molar refractivity (Wildman–Crippen MR) is 132 cm³/mol. The standard InChI is InChI=1S/C24H16Br3NO3/c1-14-3-2-4-15(9-14)13-30-22-19(26)10-16(11-20(22)27)12-21-24(29)31-23(28-21)17-5-7-18(25)8-6-17/h2-12H,13H2,1H3/b21-12-. The Labute approximate surface area is 205 Å². The van der Waals surface area contributed by atoms with Crippen LogP contribution in [0.5, 0.6) is 5.75 Å². The van der Waals surface area contributed by atoms with Crippen LogP contribution in [-0.2, 0) is 16.1 Å². The number of cyclic esters (lactones) is 1. The summed E-state index contributed by atoms with van der Waals surface area (Å²) >= 11 is 10.5. The number of ether oxygens (including phenoxy) is 2. The number of benzene rings is 3. The number of aliphatic imine (C=N–C) groups is 1. The summed E-state index contributed by atoms with van der Waals surface area (Å²) in [6.07, 6.45) is 1.69. The van der Waals surface area contributed by atoms with Crippen LogP contribution in [0, 0.1) is 6.92 Å². The monoisotopic (exact) mass is 603 g/mol. The van der Waals surface area contributed by atoms with Crippen LogP contribution in [-0.4, -0.2) is 11.9 Å². The third kappa shape index (κ3) is 5.34. The van der Waals surface area contributed by atoms with Gasteiger partial charge in [-0.05, 0) is 92.4 Å². The summed E-state index contributed by atoms with van der Waals surface area (Å²) in [5.41, 5.74) is 4.04.